The first-order chi connectivity index (χ1) is 8.97. The second-order valence-electron chi connectivity index (χ2n) is 3.74. The van der Waals surface area contributed by atoms with E-state index in [4.69, 9.17) is 5.26 Å². The molecule has 0 saturated heterocycles. The summed E-state index contributed by atoms with van der Waals surface area (Å²) in [6.07, 6.45) is 0. The van der Waals surface area contributed by atoms with E-state index in [1.807, 2.05) is 6.07 Å². The standard InChI is InChI=1S/C12H13BrN4O2/c1-7(11(18)17-12(19)15-2)16-10-4-3-8(6-14)5-9(10)13/h3-5,7,16H,1-2H3,(H2,15,17,18,19). The summed E-state index contributed by atoms with van der Waals surface area (Å²) in [7, 11) is 1.43. The van der Waals surface area contributed by atoms with Crippen molar-refractivity contribution in [2.75, 3.05) is 12.4 Å². The van der Waals surface area contributed by atoms with Gasteiger partial charge >= 0.3 is 6.03 Å². The van der Waals surface area contributed by atoms with Gasteiger partial charge in [-0.25, -0.2) is 4.79 Å². The minimum atomic E-state index is -0.596. The number of benzene rings is 1. The summed E-state index contributed by atoms with van der Waals surface area (Å²) < 4.78 is 0.672. The monoisotopic (exact) mass is 324 g/mol. The van der Waals surface area contributed by atoms with Crippen LogP contribution >= 0.6 is 15.9 Å². The number of hydrogen-bond donors (Lipinski definition) is 3. The lowest BCUT2D eigenvalue weighted by atomic mass is 10.2. The van der Waals surface area contributed by atoms with Crippen molar-refractivity contribution in [2.24, 2.45) is 0 Å². The summed E-state index contributed by atoms with van der Waals surface area (Å²) in [5, 5.41) is 16.2. The lowest BCUT2D eigenvalue weighted by Crippen LogP contribution is -2.44. The van der Waals surface area contributed by atoms with E-state index in [1.54, 1.807) is 25.1 Å². The number of urea groups is 1. The Hall–Kier alpha value is -2.07. The van der Waals surface area contributed by atoms with Crippen molar-refractivity contribution >= 4 is 33.6 Å². The lowest BCUT2D eigenvalue weighted by Gasteiger charge is -2.15. The highest BCUT2D eigenvalue weighted by atomic mass is 79.9. The molecule has 0 spiro atoms. The normalized spacial score (nSPS) is 11.1. The topological polar surface area (TPSA) is 94.0 Å². The summed E-state index contributed by atoms with van der Waals surface area (Å²) in [5.74, 6) is -0.449. The van der Waals surface area contributed by atoms with Gasteiger partial charge < -0.3 is 10.6 Å². The molecule has 1 aromatic carbocycles. The van der Waals surface area contributed by atoms with E-state index in [-0.39, 0.29) is 0 Å². The molecular formula is C12H13BrN4O2. The minimum Gasteiger partial charge on any atom is -0.373 e. The number of nitrogens with zero attached hydrogens (tertiary/aromatic N) is 1. The number of anilines is 1. The van der Waals surface area contributed by atoms with Crippen LogP contribution in [0.1, 0.15) is 12.5 Å². The van der Waals surface area contributed by atoms with Gasteiger partial charge in [-0.1, -0.05) is 0 Å². The molecule has 1 rings (SSSR count). The van der Waals surface area contributed by atoms with Gasteiger partial charge in [0.2, 0.25) is 5.91 Å². The van der Waals surface area contributed by atoms with Crippen molar-refractivity contribution in [3.8, 4) is 6.07 Å². The third-order valence-electron chi connectivity index (χ3n) is 2.33. The van der Waals surface area contributed by atoms with Crippen LogP contribution in [0, 0.1) is 11.3 Å². The average Bonchev–Trinajstić information content (AvgIpc) is 2.40. The number of carbonyl (C=O) groups is 2. The van der Waals surface area contributed by atoms with Gasteiger partial charge in [0.15, 0.2) is 0 Å². The number of halogens is 1. The fourth-order valence-corrected chi connectivity index (χ4v) is 1.78. The second kappa shape index (κ2) is 6.75. The number of imide groups is 1. The van der Waals surface area contributed by atoms with Crippen LogP contribution in [0.5, 0.6) is 0 Å². The third-order valence-corrected chi connectivity index (χ3v) is 2.98. The average molecular weight is 325 g/mol. The summed E-state index contributed by atoms with van der Waals surface area (Å²) in [4.78, 5) is 22.7. The molecule has 0 fully saturated rings. The Morgan fingerprint density at radius 2 is 2.11 bits per heavy atom. The molecule has 0 radical (unpaired) electrons. The smallest absolute Gasteiger partial charge is 0.321 e. The molecule has 7 heteroatoms. The highest BCUT2D eigenvalue weighted by Crippen LogP contribution is 2.24. The maximum absolute atomic E-state index is 11.6. The summed E-state index contributed by atoms with van der Waals surface area (Å²) in [6, 6.07) is 5.83. The Balaban J connectivity index is 2.72. The molecule has 3 N–H and O–H groups in total. The summed E-state index contributed by atoms with van der Waals surface area (Å²) in [6.45, 7) is 1.63. The van der Waals surface area contributed by atoms with Gasteiger partial charge in [0.05, 0.1) is 11.6 Å². The predicted octanol–water partition coefficient (Wildman–Crippen LogP) is 1.58. The molecule has 0 aliphatic carbocycles. The van der Waals surface area contributed by atoms with Crippen molar-refractivity contribution in [1.29, 1.82) is 5.26 Å². The molecule has 0 bridgehead atoms. The Bertz CT molecular complexity index is 539. The van der Waals surface area contributed by atoms with Crippen molar-refractivity contribution in [3.05, 3.63) is 28.2 Å². The van der Waals surface area contributed by atoms with Crippen molar-refractivity contribution in [1.82, 2.24) is 10.6 Å². The molecule has 1 unspecified atom stereocenters. The Morgan fingerprint density at radius 1 is 1.42 bits per heavy atom. The molecule has 0 aromatic heterocycles. The Labute approximate surface area is 119 Å². The molecule has 0 heterocycles. The quantitative estimate of drug-likeness (QED) is 0.786. The molecule has 6 nitrogen and oxygen atoms in total. The van der Waals surface area contributed by atoms with Crippen LogP contribution in [0.15, 0.2) is 22.7 Å². The minimum absolute atomic E-state index is 0.449. The van der Waals surface area contributed by atoms with Crippen molar-refractivity contribution in [2.45, 2.75) is 13.0 Å². The lowest BCUT2D eigenvalue weighted by molar-refractivity contribution is -0.120. The number of nitrogens with one attached hydrogen (secondary N) is 3. The molecule has 3 amide bonds. The molecule has 19 heavy (non-hydrogen) atoms. The third kappa shape index (κ3) is 4.26. The van der Waals surface area contributed by atoms with Gasteiger partial charge in [0, 0.05) is 17.2 Å². The van der Waals surface area contributed by atoms with Crippen LogP contribution in [0.25, 0.3) is 0 Å². The van der Waals surface area contributed by atoms with E-state index < -0.39 is 18.0 Å². The van der Waals surface area contributed by atoms with E-state index in [2.05, 4.69) is 31.9 Å². The Kier molecular flexibility index (Phi) is 5.33. The first kappa shape index (κ1) is 15.0. The van der Waals surface area contributed by atoms with E-state index in [9.17, 15) is 9.59 Å². The number of hydrogen-bond acceptors (Lipinski definition) is 4. The van der Waals surface area contributed by atoms with Gasteiger partial charge in [-0.05, 0) is 41.1 Å². The van der Waals surface area contributed by atoms with Gasteiger partial charge in [0.25, 0.3) is 0 Å². The van der Waals surface area contributed by atoms with Gasteiger partial charge in [0.1, 0.15) is 6.04 Å². The molecule has 1 aromatic rings. The van der Waals surface area contributed by atoms with Crippen LogP contribution in [-0.2, 0) is 4.79 Å². The van der Waals surface area contributed by atoms with Crippen molar-refractivity contribution < 1.29 is 9.59 Å². The van der Waals surface area contributed by atoms with Crippen LogP contribution in [0.3, 0.4) is 0 Å². The summed E-state index contributed by atoms with van der Waals surface area (Å²) in [5.41, 5.74) is 1.18. The first-order valence-corrected chi connectivity index (χ1v) is 6.26. The van der Waals surface area contributed by atoms with E-state index in [1.165, 1.54) is 7.05 Å². The predicted molar refractivity (Wildman–Crippen MR) is 74.5 cm³/mol. The molecule has 100 valence electrons. The number of amides is 3. The van der Waals surface area contributed by atoms with Gasteiger partial charge in [-0.15, -0.1) is 0 Å². The van der Waals surface area contributed by atoms with Crippen LogP contribution < -0.4 is 16.0 Å². The fourth-order valence-electron chi connectivity index (χ4n) is 1.28. The zero-order valence-corrected chi connectivity index (χ0v) is 12.0. The maximum Gasteiger partial charge on any atom is 0.321 e. The first-order valence-electron chi connectivity index (χ1n) is 5.46. The van der Waals surface area contributed by atoms with Gasteiger partial charge in [-0.3, -0.25) is 10.1 Å². The largest absolute Gasteiger partial charge is 0.373 e. The molecule has 0 saturated carbocycles. The number of nitriles is 1. The second-order valence-corrected chi connectivity index (χ2v) is 4.60. The SMILES string of the molecule is CNC(=O)NC(=O)C(C)Nc1ccc(C#N)cc1Br. The zero-order chi connectivity index (χ0) is 14.4. The number of rotatable bonds is 3. The molecule has 1 atom stereocenters. The molecule has 0 aliphatic heterocycles. The number of carbonyl (C=O) groups excluding carboxylic acids is 2. The summed E-state index contributed by atoms with van der Waals surface area (Å²) >= 11 is 3.31. The van der Waals surface area contributed by atoms with Gasteiger partial charge in [-0.2, -0.15) is 5.26 Å². The van der Waals surface area contributed by atoms with E-state index in [0.717, 1.165) is 0 Å². The Morgan fingerprint density at radius 3 is 2.63 bits per heavy atom. The zero-order valence-electron chi connectivity index (χ0n) is 10.5. The van der Waals surface area contributed by atoms with E-state index in [0.29, 0.717) is 15.7 Å². The highest BCUT2D eigenvalue weighted by Gasteiger charge is 2.15. The van der Waals surface area contributed by atoms with Crippen LogP contribution in [-0.4, -0.2) is 25.0 Å². The van der Waals surface area contributed by atoms with Crippen molar-refractivity contribution in [3.63, 3.8) is 0 Å². The highest BCUT2D eigenvalue weighted by molar-refractivity contribution is 9.10. The molecule has 0 aliphatic rings. The maximum atomic E-state index is 11.6. The fraction of sp³-hybridized carbons (Fsp3) is 0.250. The molecular weight excluding hydrogens is 312 g/mol. The van der Waals surface area contributed by atoms with E-state index >= 15 is 0 Å². The van der Waals surface area contributed by atoms with Crippen LogP contribution in [0.4, 0.5) is 10.5 Å². The van der Waals surface area contributed by atoms with Crippen LogP contribution in [0.2, 0.25) is 0 Å².